The molecule has 0 heterocycles. The largest absolute Gasteiger partial charge is 0.393 e. The van der Waals surface area contributed by atoms with Gasteiger partial charge in [-0.05, 0) is 32.1 Å². The molecule has 0 bridgehead atoms. The summed E-state index contributed by atoms with van der Waals surface area (Å²) in [7, 11) is 0. The Bertz CT molecular complexity index is 118. The Balaban J connectivity index is 2.35. The first-order valence-corrected chi connectivity index (χ1v) is 4.30. The Labute approximate surface area is 67.6 Å². The zero-order chi connectivity index (χ0) is 8.10. The molecule has 0 fully saturated rings. The van der Waals surface area contributed by atoms with Gasteiger partial charge in [0.2, 0.25) is 0 Å². The minimum atomic E-state index is -0.198. The van der Waals surface area contributed by atoms with Crippen LogP contribution in [0.1, 0.15) is 32.1 Å². The third-order valence-electron chi connectivity index (χ3n) is 2.06. The van der Waals surface area contributed by atoms with Gasteiger partial charge in [-0.25, -0.2) is 0 Å². The zero-order valence-corrected chi connectivity index (χ0v) is 6.74. The summed E-state index contributed by atoms with van der Waals surface area (Å²) < 4.78 is 0. The average Bonchev–Trinajstić information content (AvgIpc) is 2.04. The van der Waals surface area contributed by atoms with Crippen molar-refractivity contribution in [2.75, 3.05) is 0 Å². The van der Waals surface area contributed by atoms with Crippen LogP contribution in [0.4, 0.5) is 0 Å². The fourth-order valence-corrected chi connectivity index (χ4v) is 1.33. The second kappa shape index (κ2) is 4.52. The van der Waals surface area contributed by atoms with Crippen LogP contribution in [0.15, 0.2) is 12.2 Å². The minimum absolute atomic E-state index is 0.198. The molecule has 11 heavy (non-hydrogen) atoms. The Hall–Kier alpha value is -0.340. The van der Waals surface area contributed by atoms with Crippen molar-refractivity contribution in [3.63, 3.8) is 0 Å². The minimum Gasteiger partial charge on any atom is -0.393 e. The highest BCUT2D eigenvalue weighted by molar-refractivity contribution is 4.87. The maximum atomic E-state index is 9.29. The predicted molar refractivity (Wildman–Crippen MR) is 44.2 cm³/mol. The summed E-state index contributed by atoms with van der Waals surface area (Å²) in [6.45, 7) is 0. The van der Waals surface area contributed by atoms with E-state index in [4.69, 9.17) is 0 Å². The van der Waals surface area contributed by atoms with Crippen molar-refractivity contribution < 1.29 is 10.2 Å². The summed E-state index contributed by atoms with van der Waals surface area (Å²) in [5.41, 5.74) is 0. The Kier molecular flexibility index (Phi) is 3.60. The number of rotatable bonds is 0. The lowest BCUT2D eigenvalue weighted by atomic mass is 10.1. The first-order valence-electron chi connectivity index (χ1n) is 4.30. The first kappa shape index (κ1) is 8.75. The monoisotopic (exact) mass is 156 g/mol. The van der Waals surface area contributed by atoms with E-state index in [1.807, 2.05) is 12.2 Å². The molecule has 1 aliphatic rings. The molecule has 0 spiro atoms. The normalized spacial score (nSPS) is 36.9. The summed E-state index contributed by atoms with van der Waals surface area (Å²) in [4.78, 5) is 0. The fraction of sp³-hybridized carbons (Fsp3) is 0.778. The molecule has 0 unspecified atom stereocenters. The zero-order valence-electron chi connectivity index (χ0n) is 6.74. The summed E-state index contributed by atoms with van der Waals surface area (Å²) >= 11 is 0. The second-order valence-corrected chi connectivity index (χ2v) is 3.18. The van der Waals surface area contributed by atoms with E-state index in [1.165, 1.54) is 0 Å². The number of hydrogen-bond donors (Lipinski definition) is 2. The van der Waals surface area contributed by atoms with Gasteiger partial charge in [0, 0.05) is 0 Å². The van der Waals surface area contributed by atoms with Gasteiger partial charge in [-0.2, -0.15) is 0 Å². The number of hydrogen-bond acceptors (Lipinski definition) is 2. The van der Waals surface area contributed by atoms with Crippen molar-refractivity contribution in [2.45, 2.75) is 44.3 Å². The van der Waals surface area contributed by atoms with Crippen molar-refractivity contribution >= 4 is 0 Å². The standard InChI is InChI=1S/C9H16O2/c10-8-4-1-2-5-9(11)7-3-6-8/h1-2,8-11H,3-7H2/b2-1-/t8-,9+. The van der Waals surface area contributed by atoms with Gasteiger partial charge >= 0.3 is 0 Å². The van der Waals surface area contributed by atoms with Crippen LogP contribution in [0.25, 0.3) is 0 Å². The first-order chi connectivity index (χ1) is 5.29. The molecule has 64 valence electrons. The van der Waals surface area contributed by atoms with Crippen LogP contribution < -0.4 is 0 Å². The molecule has 0 radical (unpaired) electrons. The highest BCUT2D eigenvalue weighted by atomic mass is 16.3. The molecule has 0 saturated carbocycles. The quantitative estimate of drug-likeness (QED) is 0.518. The summed E-state index contributed by atoms with van der Waals surface area (Å²) in [5.74, 6) is 0. The smallest absolute Gasteiger partial charge is 0.0574 e. The molecule has 0 amide bonds. The van der Waals surface area contributed by atoms with E-state index in [0.717, 1.165) is 32.1 Å². The summed E-state index contributed by atoms with van der Waals surface area (Å²) in [5, 5.41) is 18.6. The summed E-state index contributed by atoms with van der Waals surface area (Å²) in [6.07, 6.45) is 7.58. The molecule has 0 aromatic rings. The molecule has 0 aliphatic heterocycles. The summed E-state index contributed by atoms with van der Waals surface area (Å²) in [6, 6.07) is 0. The molecule has 0 aromatic carbocycles. The molecule has 1 aliphatic carbocycles. The molecule has 1 rings (SSSR count). The van der Waals surface area contributed by atoms with Crippen LogP contribution in [0.3, 0.4) is 0 Å². The molecule has 2 nitrogen and oxygen atoms in total. The molecule has 2 N–H and O–H groups in total. The predicted octanol–water partition coefficient (Wildman–Crippen LogP) is 1.23. The number of aliphatic hydroxyl groups excluding tert-OH is 2. The van der Waals surface area contributed by atoms with Crippen LogP contribution in [0.2, 0.25) is 0 Å². The van der Waals surface area contributed by atoms with Gasteiger partial charge in [-0.1, -0.05) is 12.2 Å². The van der Waals surface area contributed by atoms with E-state index in [2.05, 4.69) is 0 Å². The molecular formula is C9H16O2. The SMILES string of the molecule is O[C@@H]1C/C=C\C[C@H](O)CCC1. The van der Waals surface area contributed by atoms with Gasteiger partial charge in [0.05, 0.1) is 12.2 Å². The lowest BCUT2D eigenvalue weighted by Crippen LogP contribution is -2.07. The van der Waals surface area contributed by atoms with E-state index >= 15 is 0 Å². The van der Waals surface area contributed by atoms with Crippen molar-refractivity contribution in [2.24, 2.45) is 0 Å². The van der Waals surface area contributed by atoms with E-state index in [1.54, 1.807) is 0 Å². The lowest BCUT2D eigenvalue weighted by Gasteiger charge is -2.07. The molecule has 0 aromatic heterocycles. The van der Waals surface area contributed by atoms with Gasteiger partial charge in [-0.3, -0.25) is 0 Å². The topological polar surface area (TPSA) is 40.5 Å². The van der Waals surface area contributed by atoms with Gasteiger partial charge < -0.3 is 10.2 Å². The van der Waals surface area contributed by atoms with Crippen molar-refractivity contribution in [3.05, 3.63) is 12.2 Å². The van der Waals surface area contributed by atoms with Gasteiger partial charge in [0.15, 0.2) is 0 Å². The van der Waals surface area contributed by atoms with Crippen LogP contribution in [0, 0.1) is 0 Å². The molecule has 2 atom stereocenters. The second-order valence-electron chi connectivity index (χ2n) is 3.18. The highest BCUT2D eigenvalue weighted by Crippen LogP contribution is 2.12. The third-order valence-corrected chi connectivity index (χ3v) is 2.06. The fourth-order valence-electron chi connectivity index (χ4n) is 1.33. The van der Waals surface area contributed by atoms with Gasteiger partial charge in [0.25, 0.3) is 0 Å². The van der Waals surface area contributed by atoms with Crippen LogP contribution >= 0.6 is 0 Å². The van der Waals surface area contributed by atoms with Crippen molar-refractivity contribution in [1.29, 1.82) is 0 Å². The van der Waals surface area contributed by atoms with Gasteiger partial charge in [-0.15, -0.1) is 0 Å². The Morgan fingerprint density at radius 2 is 1.36 bits per heavy atom. The highest BCUT2D eigenvalue weighted by Gasteiger charge is 2.07. The number of aliphatic hydroxyl groups is 2. The van der Waals surface area contributed by atoms with E-state index in [0.29, 0.717) is 0 Å². The van der Waals surface area contributed by atoms with Crippen molar-refractivity contribution in [1.82, 2.24) is 0 Å². The maximum Gasteiger partial charge on any atom is 0.0574 e. The molecular weight excluding hydrogens is 140 g/mol. The Morgan fingerprint density at radius 3 is 1.82 bits per heavy atom. The maximum absolute atomic E-state index is 9.29. The van der Waals surface area contributed by atoms with E-state index in [-0.39, 0.29) is 12.2 Å². The lowest BCUT2D eigenvalue weighted by molar-refractivity contribution is 0.140. The third kappa shape index (κ3) is 3.54. The molecule has 2 heteroatoms. The van der Waals surface area contributed by atoms with E-state index < -0.39 is 0 Å². The van der Waals surface area contributed by atoms with Gasteiger partial charge in [0.1, 0.15) is 0 Å². The van der Waals surface area contributed by atoms with Crippen LogP contribution in [-0.4, -0.2) is 22.4 Å². The van der Waals surface area contributed by atoms with Crippen molar-refractivity contribution in [3.8, 4) is 0 Å². The Morgan fingerprint density at radius 1 is 0.909 bits per heavy atom. The molecule has 0 saturated heterocycles. The average molecular weight is 156 g/mol. The van der Waals surface area contributed by atoms with Crippen LogP contribution in [0.5, 0.6) is 0 Å². The van der Waals surface area contributed by atoms with E-state index in [9.17, 15) is 10.2 Å². The van der Waals surface area contributed by atoms with Crippen LogP contribution in [-0.2, 0) is 0 Å².